The zero-order valence-electron chi connectivity index (χ0n) is 11.9. The molecular formula is C17H13N3O2. The van der Waals surface area contributed by atoms with Crippen LogP contribution in [-0.2, 0) is 0 Å². The lowest BCUT2D eigenvalue weighted by Gasteiger charge is -2.04. The van der Waals surface area contributed by atoms with Gasteiger partial charge in [0, 0.05) is 5.39 Å². The molecule has 1 unspecified atom stereocenters. The van der Waals surface area contributed by atoms with E-state index in [2.05, 4.69) is 9.98 Å². The van der Waals surface area contributed by atoms with Crippen LogP contribution in [0.2, 0.25) is 0 Å². The fraction of sp³-hybridized carbons (Fsp3) is 0.118. The second kappa shape index (κ2) is 4.80. The Bertz CT molecular complexity index is 948. The van der Waals surface area contributed by atoms with Crippen molar-refractivity contribution < 1.29 is 9.15 Å². The topological polar surface area (TPSA) is 70.9 Å². The first-order valence-electron chi connectivity index (χ1n) is 6.93. The second-order valence-electron chi connectivity index (χ2n) is 5.07. The summed E-state index contributed by atoms with van der Waals surface area (Å²) in [5, 5.41) is 8.95. The average Bonchev–Trinajstić information content (AvgIpc) is 2.97. The average molecular weight is 291 g/mol. The van der Waals surface area contributed by atoms with Crippen molar-refractivity contribution in [2.75, 3.05) is 7.11 Å². The molecule has 5 nitrogen and oxygen atoms in total. The van der Waals surface area contributed by atoms with E-state index in [-0.39, 0.29) is 11.6 Å². The number of hydrogen-bond donors (Lipinski definition) is 1. The summed E-state index contributed by atoms with van der Waals surface area (Å²) in [6.07, 6.45) is 7.81. The van der Waals surface area contributed by atoms with E-state index >= 15 is 0 Å². The van der Waals surface area contributed by atoms with Crippen LogP contribution in [0.3, 0.4) is 0 Å². The Morgan fingerprint density at radius 3 is 2.95 bits per heavy atom. The number of nitrogens with zero attached hydrogens (tertiary/aromatic N) is 2. The highest BCUT2D eigenvalue weighted by Crippen LogP contribution is 2.22. The van der Waals surface area contributed by atoms with Crippen LogP contribution in [0.4, 0.5) is 0 Å². The van der Waals surface area contributed by atoms with Gasteiger partial charge in [0.2, 0.25) is 5.55 Å². The molecule has 4 rings (SSSR count). The van der Waals surface area contributed by atoms with Gasteiger partial charge >= 0.3 is 0 Å². The number of ether oxygens (including phenoxy) is 1. The summed E-state index contributed by atoms with van der Waals surface area (Å²) in [4.78, 5) is 9.06. The number of amidine groups is 1. The molecule has 0 amide bonds. The number of allylic oxidation sites excluding steroid dienone is 2. The summed E-state index contributed by atoms with van der Waals surface area (Å²) >= 11 is 0. The van der Waals surface area contributed by atoms with E-state index < -0.39 is 0 Å². The Morgan fingerprint density at radius 2 is 2.14 bits per heavy atom. The van der Waals surface area contributed by atoms with E-state index in [0.717, 1.165) is 16.8 Å². The first-order chi connectivity index (χ1) is 10.7. The highest BCUT2D eigenvalue weighted by atomic mass is 16.5. The highest BCUT2D eigenvalue weighted by Gasteiger charge is 2.22. The molecule has 2 aliphatic rings. The Balaban J connectivity index is 1.87. The van der Waals surface area contributed by atoms with E-state index in [4.69, 9.17) is 14.6 Å². The molecule has 1 aromatic heterocycles. The summed E-state index contributed by atoms with van der Waals surface area (Å²) in [5.41, 5.74) is 2.18. The van der Waals surface area contributed by atoms with Gasteiger partial charge < -0.3 is 9.15 Å². The minimum Gasteiger partial charge on any atom is -0.497 e. The highest BCUT2D eigenvalue weighted by molar-refractivity contribution is 6.18. The van der Waals surface area contributed by atoms with Gasteiger partial charge in [0.1, 0.15) is 17.4 Å². The minimum absolute atomic E-state index is 0.0552. The lowest BCUT2D eigenvalue weighted by atomic mass is 10.1. The minimum atomic E-state index is -0.0552. The molecule has 1 aliphatic carbocycles. The smallest absolute Gasteiger partial charge is 0.223 e. The Labute approximate surface area is 126 Å². The fourth-order valence-corrected chi connectivity index (χ4v) is 2.56. The Morgan fingerprint density at radius 1 is 1.23 bits per heavy atom. The molecule has 108 valence electrons. The van der Waals surface area contributed by atoms with Crippen molar-refractivity contribution in [2.45, 2.75) is 6.04 Å². The normalized spacial score (nSPS) is 19.0. The maximum atomic E-state index is 8.09. The van der Waals surface area contributed by atoms with E-state index in [0.29, 0.717) is 17.0 Å². The molecule has 2 heterocycles. The molecule has 22 heavy (non-hydrogen) atoms. The molecule has 0 saturated carbocycles. The van der Waals surface area contributed by atoms with Crippen molar-refractivity contribution in [1.29, 1.82) is 5.41 Å². The lowest BCUT2D eigenvalue weighted by Crippen LogP contribution is -2.12. The van der Waals surface area contributed by atoms with Gasteiger partial charge in [-0.25, -0.2) is 4.99 Å². The number of methoxy groups -OCH3 is 1. The maximum absolute atomic E-state index is 8.09. The predicted molar refractivity (Wildman–Crippen MR) is 84.7 cm³/mol. The molecule has 2 aromatic rings. The molecule has 1 aliphatic heterocycles. The quantitative estimate of drug-likeness (QED) is 0.923. The molecule has 0 saturated heterocycles. The van der Waals surface area contributed by atoms with E-state index in [1.165, 1.54) is 0 Å². The Kier molecular flexibility index (Phi) is 2.79. The van der Waals surface area contributed by atoms with Crippen molar-refractivity contribution in [2.24, 2.45) is 9.98 Å². The number of benzene rings is 1. The monoisotopic (exact) mass is 291 g/mol. The number of hydrogen-bond acceptors (Lipinski definition) is 5. The molecule has 0 bridgehead atoms. The third-order valence-electron chi connectivity index (χ3n) is 3.69. The van der Waals surface area contributed by atoms with Gasteiger partial charge in [-0.15, -0.1) is 0 Å². The molecule has 5 heteroatoms. The summed E-state index contributed by atoms with van der Waals surface area (Å²) in [5.74, 6) is 1.28. The van der Waals surface area contributed by atoms with Gasteiger partial charge in [-0.2, -0.15) is 0 Å². The molecule has 1 aromatic carbocycles. The predicted octanol–water partition coefficient (Wildman–Crippen LogP) is 2.62. The standard InChI is InChI=1S/C17H13N3O2/c1-21-11-6-7-15-10(8-11)9-12(16(18)22-15)17-19-13-4-2-3-5-14(13)20-17/h2-9,13,18H,1H3. The van der Waals surface area contributed by atoms with Crippen molar-refractivity contribution in [3.8, 4) is 5.75 Å². The zero-order valence-corrected chi connectivity index (χ0v) is 11.9. The van der Waals surface area contributed by atoms with Gasteiger partial charge in [0.25, 0.3) is 0 Å². The van der Waals surface area contributed by atoms with Gasteiger partial charge in [-0.3, -0.25) is 10.4 Å². The van der Waals surface area contributed by atoms with Crippen LogP contribution in [0.15, 0.2) is 63.0 Å². The molecule has 0 radical (unpaired) electrons. The van der Waals surface area contributed by atoms with E-state index in [1.807, 2.05) is 42.5 Å². The van der Waals surface area contributed by atoms with Crippen LogP contribution < -0.4 is 10.3 Å². The second-order valence-corrected chi connectivity index (χ2v) is 5.07. The Hall–Kier alpha value is -2.95. The van der Waals surface area contributed by atoms with Crippen molar-refractivity contribution in [3.63, 3.8) is 0 Å². The molecule has 1 N–H and O–H groups in total. The SMILES string of the molecule is COc1ccc2oc(=N)c(C3=NC4C=CC=CC4=N3)cc2c1. The molecule has 1 atom stereocenters. The van der Waals surface area contributed by atoms with Crippen molar-refractivity contribution in [1.82, 2.24) is 0 Å². The summed E-state index contributed by atoms with van der Waals surface area (Å²) in [6, 6.07) is 7.29. The van der Waals surface area contributed by atoms with Crippen LogP contribution in [0.1, 0.15) is 5.56 Å². The summed E-state index contributed by atoms with van der Waals surface area (Å²) < 4.78 is 10.8. The zero-order chi connectivity index (χ0) is 15.1. The molecule has 0 fully saturated rings. The van der Waals surface area contributed by atoms with Crippen molar-refractivity contribution >= 4 is 22.5 Å². The first kappa shape index (κ1) is 12.8. The third-order valence-corrected chi connectivity index (χ3v) is 3.69. The fourth-order valence-electron chi connectivity index (χ4n) is 2.56. The number of aliphatic imine (C=N–C) groups is 2. The number of fused-ring (bicyclic) bond motifs is 2. The number of rotatable bonds is 2. The van der Waals surface area contributed by atoms with Crippen LogP contribution in [0.5, 0.6) is 5.75 Å². The van der Waals surface area contributed by atoms with E-state index in [1.54, 1.807) is 13.2 Å². The van der Waals surface area contributed by atoms with Crippen LogP contribution in [0.25, 0.3) is 11.0 Å². The molecular weight excluding hydrogens is 278 g/mol. The summed E-state index contributed by atoms with van der Waals surface area (Å²) in [7, 11) is 1.62. The van der Waals surface area contributed by atoms with Crippen LogP contribution in [0, 0.1) is 5.41 Å². The van der Waals surface area contributed by atoms with Gasteiger partial charge in [0.05, 0.1) is 18.4 Å². The first-order valence-corrected chi connectivity index (χ1v) is 6.93. The van der Waals surface area contributed by atoms with Crippen LogP contribution >= 0.6 is 0 Å². The maximum Gasteiger partial charge on any atom is 0.223 e. The molecule has 0 spiro atoms. The summed E-state index contributed by atoms with van der Waals surface area (Å²) in [6.45, 7) is 0. The van der Waals surface area contributed by atoms with Gasteiger partial charge in [-0.1, -0.05) is 18.2 Å². The van der Waals surface area contributed by atoms with E-state index in [9.17, 15) is 0 Å². The largest absolute Gasteiger partial charge is 0.497 e. The van der Waals surface area contributed by atoms with Gasteiger partial charge in [0.15, 0.2) is 5.84 Å². The number of nitrogens with one attached hydrogen (secondary N) is 1. The van der Waals surface area contributed by atoms with Crippen molar-refractivity contribution in [3.05, 3.63) is 59.7 Å². The third kappa shape index (κ3) is 1.98. The van der Waals surface area contributed by atoms with Crippen LogP contribution in [-0.4, -0.2) is 24.7 Å². The van der Waals surface area contributed by atoms with Gasteiger partial charge in [-0.05, 0) is 30.3 Å². The lowest BCUT2D eigenvalue weighted by molar-refractivity contribution is 0.415.